The number of hydrogen-bond donors (Lipinski definition) is 2. The van der Waals surface area contributed by atoms with E-state index in [0.29, 0.717) is 16.5 Å². The van der Waals surface area contributed by atoms with Gasteiger partial charge in [-0.1, -0.05) is 12.1 Å². The largest absolute Gasteiger partial charge is 0.446 e. The Morgan fingerprint density at radius 2 is 1.70 bits per heavy atom. The highest BCUT2D eigenvalue weighted by Crippen LogP contribution is 2.36. The van der Waals surface area contributed by atoms with Crippen molar-refractivity contribution in [3.63, 3.8) is 0 Å². The molecule has 0 aliphatic rings. The maximum Gasteiger partial charge on any atom is 0.446 e. The lowest BCUT2D eigenvalue weighted by Gasteiger charge is -2.06. The third-order valence-electron chi connectivity index (χ3n) is 3.56. The van der Waals surface area contributed by atoms with E-state index < -0.39 is 21.4 Å². The Labute approximate surface area is 178 Å². The average molecular weight is 474 g/mol. The summed E-state index contributed by atoms with van der Waals surface area (Å²) >= 11 is 0.935. The van der Waals surface area contributed by atoms with Crippen LogP contribution in [-0.2, 0) is 10.0 Å². The monoisotopic (exact) mass is 473 g/mol. The molecule has 12 heteroatoms. The molecular weight excluding hydrogens is 459 g/mol. The van der Waals surface area contributed by atoms with Crippen molar-refractivity contribution < 1.29 is 26.4 Å². The number of thiazole rings is 1. The molecule has 0 atom stereocenters. The average Bonchev–Trinajstić information content (AvgIpc) is 3.08. The van der Waals surface area contributed by atoms with Crippen molar-refractivity contribution in [2.24, 2.45) is 0 Å². The van der Waals surface area contributed by atoms with Crippen molar-refractivity contribution in [2.75, 3.05) is 16.3 Å². The van der Waals surface area contributed by atoms with E-state index in [4.69, 9.17) is 0 Å². The van der Waals surface area contributed by atoms with E-state index in [-0.39, 0.29) is 22.2 Å². The zero-order valence-electron chi connectivity index (χ0n) is 15.2. The quantitative estimate of drug-likeness (QED) is 0.490. The van der Waals surface area contributed by atoms with Crippen molar-refractivity contribution in [1.82, 2.24) is 4.98 Å². The summed E-state index contributed by atoms with van der Waals surface area (Å²) in [6.45, 7) is 0. The number of rotatable bonds is 6. The Morgan fingerprint density at radius 3 is 2.27 bits per heavy atom. The number of carbonyl (C=O) groups excluding carboxylic acids is 1. The zero-order chi connectivity index (χ0) is 21.9. The summed E-state index contributed by atoms with van der Waals surface area (Å²) in [6, 6.07) is 11.6. The van der Waals surface area contributed by atoms with Gasteiger partial charge in [0, 0.05) is 27.1 Å². The molecule has 0 saturated heterocycles. The molecule has 1 amide bonds. The highest BCUT2D eigenvalue weighted by atomic mass is 32.2. The maximum absolute atomic E-state index is 12.4. The number of benzene rings is 2. The second kappa shape index (κ2) is 8.66. The lowest BCUT2D eigenvalue weighted by molar-refractivity contribution is -0.0328. The number of nitrogens with zero attached hydrogens (tertiary/aromatic N) is 1. The van der Waals surface area contributed by atoms with E-state index in [1.54, 1.807) is 29.6 Å². The summed E-state index contributed by atoms with van der Waals surface area (Å²) in [6.07, 6.45) is 1.05. The van der Waals surface area contributed by atoms with Gasteiger partial charge >= 0.3 is 5.51 Å². The first kappa shape index (κ1) is 22.1. The topological polar surface area (TPSA) is 88.2 Å². The minimum atomic E-state index is -4.39. The number of anilines is 2. The molecule has 0 fully saturated rings. The molecule has 6 nitrogen and oxygen atoms in total. The molecule has 0 bridgehead atoms. The minimum absolute atomic E-state index is 0.00982. The summed E-state index contributed by atoms with van der Waals surface area (Å²) in [5, 5.41) is 4.65. The normalized spacial score (nSPS) is 11.9. The first-order valence-corrected chi connectivity index (χ1v) is 11.8. The van der Waals surface area contributed by atoms with Gasteiger partial charge in [0.1, 0.15) is 0 Å². The lowest BCUT2D eigenvalue weighted by Crippen LogP contribution is -2.11. The standard InChI is InChI=1S/C18H14F3N3O3S3/c1-30(26,27)24-13-6-2-11(3-7-13)15-10-28-17(22-15)23-16(25)12-4-8-14(9-5-12)29-18(19,20)21/h2-10,24H,1H3,(H,22,23,25). The fraction of sp³-hybridized carbons (Fsp3) is 0.111. The van der Waals surface area contributed by atoms with E-state index in [1.165, 1.54) is 35.6 Å². The Kier molecular flexibility index (Phi) is 6.38. The van der Waals surface area contributed by atoms with Crippen LogP contribution in [0.2, 0.25) is 0 Å². The fourth-order valence-electron chi connectivity index (χ4n) is 2.36. The molecule has 3 rings (SSSR count). The summed E-state index contributed by atoms with van der Waals surface area (Å²) in [4.78, 5) is 16.6. The molecule has 30 heavy (non-hydrogen) atoms. The van der Waals surface area contributed by atoms with Crippen LogP contribution in [0.3, 0.4) is 0 Å². The van der Waals surface area contributed by atoms with Crippen LogP contribution in [0.4, 0.5) is 24.0 Å². The Balaban J connectivity index is 1.66. The molecule has 0 saturated carbocycles. The first-order chi connectivity index (χ1) is 14.0. The minimum Gasteiger partial charge on any atom is -0.298 e. The van der Waals surface area contributed by atoms with Crippen molar-refractivity contribution in [3.05, 3.63) is 59.5 Å². The van der Waals surface area contributed by atoms with Gasteiger partial charge in [-0.05, 0) is 48.2 Å². The third kappa shape index (κ3) is 6.47. The number of amides is 1. The van der Waals surface area contributed by atoms with Crippen LogP contribution in [0.15, 0.2) is 58.8 Å². The van der Waals surface area contributed by atoms with Crippen molar-refractivity contribution in [2.45, 2.75) is 10.4 Å². The van der Waals surface area contributed by atoms with Crippen LogP contribution < -0.4 is 10.0 Å². The molecule has 2 aromatic carbocycles. The summed E-state index contributed by atoms with van der Waals surface area (Å²) in [5.74, 6) is -0.493. The molecule has 3 aromatic rings. The molecule has 158 valence electrons. The van der Waals surface area contributed by atoms with Gasteiger partial charge in [0.15, 0.2) is 5.13 Å². The van der Waals surface area contributed by atoms with Crippen LogP contribution >= 0.6 is 23.1 Å². The predicted molar refractivity (Wildman–Crippen MR) is 112 cm³/mol. The van der Waals surface area contributed by atoms with E-state index in [0.717, 1.165) is 11.8 Å². The number of sulfonamides is 1. The molecule has 1 heterocycles. The molecule has 0 aliphatic carbocycles. The molecular formula is C18H14F3N3O3S3. The van der Waals surface area contributed by atoms with Crippen LogP contribution in [0, 0.1) is 0 Å². The number of alkyl halides is 3. The predicted octanol–water partition coefficient (Wildman–Crippen LogP) is 5.05. The number of halogens is 3. The van der Waals surface area contributed by atoms with E-state index in [1.807, 2.05) is 0 Å². The SMILES string of the molecule is CS(=O)(=O)Nc1ccc(-c2csc(NC(=O)c3ccc(SC(F)(F)F)cc3)n2)cc1. The first-order valence-electron chi connectivity index (χ1n) is 8.19. The van der Waals surface area contributed by atoms with Gasteiger partial charge in [-0.2, -0.15) is 13.2 Å². The molecule has 1 aromatic heterocycles. The van der Waals surface area contributed by atoms with Gasteiger partial charge in [0.05, 0.1) is 11.9 Å². The number of aromatic nitrogens is 1. The van der Waals surface area contributed by atoms with Crippen LogP contribution in [0.25, 0.3) is 11.3 Å². The van der Waals surface area contributed by atoms with Gasteiger partial charge in [-0.3, -0.25) is 14.8 Å². The summed E-state index contributed by atoms with van der Waals surface area (Å²) in [7, 11) is -3.37. The number of nitrogens with one attached hydrogen (secondary N) is 2. The second-order valence-electron chi connectivity index (χ2n) is 6.02. The number of hydrogen-bond acceptors (Lipinski definition) is 6. The molecule has 0 spiro atoms. The van der Waals surface area contributed by atoms with Crippen molar-refractivity contribution >= 4 is 49.8 Å². The zero-order valence-corrected chi connectivity index (χ0v) is 17.7. The molecule has 0 aliphatic heterocycles. The number of thioether (sulfide) groups is 1. The molecule has 2 N–H and O–H groups in total. The fourth-order valence-corrected chi connectivity index (χ4v) is 4.18. The van der Waals surface area contributed by atoms with Crippen LogP contribution in [0.1, 0.15) is 10.4 Å². The Bertz CT molecular complexity index is 1140. The second-order valence-corrected chi connectivity index (χ2v) is 9.76. The summed E-state index contributed by atoms with van der Waals surface area (Å²) in [5.41, 5.74) is -2.47. The third-order valence-corrected chi connectivity index (χ3v) is 5.66. The van der Waals surface area contributed by atoms with Gasteiger partial charge < -0.3 is 0 Å². The van der Waals surface area contributed by atoms with E-state index >= 15 is 0 Å². The Hall–Kier alpha value is -2.57. The highest BCUT2D eigenvalue weighted by molar-refractivity contribution is 8.00. The Morgan fingerprint density at radius 1 is 1.07 bits per heavy atom. The number of carbonyl (C=O) groups is 1. The van der Waals surface area contributed by atoms with Gasteiger partial charge in [0.2, 0.25) is 10.0 Å². The van der Waals surface area contributed by atoms with Crippen molar-refractivity contribution in [1.29, 1.82) is 0 Å². The van der Waals surface area contributed by atoms with Gasteiger partial charge in [-0.15, -0.1) is 11.3 Å². The van der Waals surface area contributed by atoms with Gasteiger partial charge in [-0.25, -0.2) is 13.4 Å². The maximum atomic E-state index is 12.4. The van der Waals surface area contributed by atoms with Crippen LogP contribution in [0.5, 0.6) is 0 Å². The molecule has 0 unspecified atom stereocenters. The van der Waals surface area contributed by atoms with E-state index in [9.17, 15) is 26.4 Å². The van der Waals surface area contributed by atoms with Crippen molar-refractivity contribution in [3.8, 4) is 11.3 Å². The highest BCUT2D eigenvalue weighted by Gasteiger charge is 2.29. The van der Waals surface area contributed by atoms with Crippen LogP contribution in [-0.4, -0.2) is 31.1 Å². The smallest absolute Gasteiger partial charge is 0.298 e. The summed E-state index contributed by atoms with van der Waals surface area (Å²) < 4.78 is 62.0. The lowest BCUT2D eigenvalue weighted by atomic mass is 10.1. The molecule has 0 radical (unpaired) electrons. The van der Waals surface area contributed by atoms with Gasteiger partial charge in [0.25, 0.3) is 5.91 Å². The van der Waals surface area contributed by atoms with E-state index in [2.05, 4.69) is 15.0 Å².